The van der Waals surface area contributed by atoms with Gasteiger partial charge in [0, 0.05) is 30.8 Å². The van der Waals surface area contributed by atoms with Gasteiger partial charge < -0.3 is 4.74 Å². The van der Waals surface area contributed by atoms with Gasteiger partial charge in [-0.25, -0.2) is 13.4 Å². The number of rotatable bonds is 6. The van der Waals surface area contributed by atoms with Crippen molar-refractivity contribution in [1.29, 1.82) is 0 Å². The van der Waals surface area contributed by atoms with Crippen LogP contribution in [0.1, 0.15) is 23.2 Å². The SMILES string of the molecule is CN(CC1CCCO1)S(=O)(=O)c1ccc(C(=O)Nc2nc3c(Cl)cc(Cl)cc3s2)cc1. The van der Waals surface area contributed by atoms with E-state index in [0.717, 1.165) is 17.5 Å². The number of ether oxygens (including phenoxy) is 1. The second kappa shape index (κ2) is 9.01. The number of carbonyl (C=O) groups excluding carboxylic acids is 1. The van der Waals surface area contributed by atoms with E-state index in [9.17, 15) is 13.2 Å². The van der Waals surface area contributed by atoms with Gasteiger partial charge in [0.15, 0.2) is 5.13 Å². The van der Waals surface area contributed by atoms with Crippen molar-refractivity contribution in [2.45, 2.75) is 23.8 Å². The summed E-state index contributed by atoms with van der Waals surface area (Å²) in [6, 6.07) is 9.10. The van der Waals surface area contributed by atoms with Gasteiger partial charge in [-0.3, -0.25) is 10.1 Å². The van der Waals surface area contributed by atoms with Crippen molar-refractivity contribution in [3.05, 3.63) is 52.0 Å². The molecule has 1 aliphatic heterocycles. The summed E-state index contributed by atoms with van der Waals surface area (Å²) in [6.45, 7) is 0.963. The Morgan fingerprint density at radius 3 is 2.71 bits per heavy atom. The predicted octanol–water partition coefficient (Wildman–Crippen LogP) is 4.65. The number of anilines is 1. The first kappa shape index (κ1) is 22.4. The van der Waals surface area contributed by atoms with Crippen LogP contribution in [0, 0.1) is 0 Å². The molecule has 1 amide bonds. The van der Waals surface area contributed by atoms with E-state index in [1.54, 1.807) is 12.1 Å². The van der Waals surface area contributed by atoms with E-state index in [-0.39, 0.29) is 11.0 Å². The third-order valence-electron chi connectivity index (χ3n) is 4.94. The molecular weight excluding hydrogens is 481 g/mol. The fourth-order valence-electron chi connectivity index (χ4n) is 3.31. The monoisotopic (exact) mass is 499 g/mol. The number of benzene rings is 2. The van der Waals surface area contributed by atoms with Gasteiger partial charge in [-0.05, 0) is 49.2 Å². The van der Waals surface area contributed by atoms with E-state index >= 15 is 0 Å². The molecule has 1 unspecified atom stereocenters. The lowest BCUT2D eigenvalue weighted by molar-refractivity contribution is 0.0979. The molecule has 0 radical (unpaired) electrons. The quantitative estimate of drug-likeness (QED) is 0.532. The number of sulfonamides is 1. The highest BCUT2D eigenvalue weighted by Gasteiger charge is 2.26. The fourth-order valence-corrected chi connectivity index (χ4v) is 6.10. The molecule has 7 nitrogen and oxygen atoms in total. The third kappa shape index (κ3) is 4.87. The van der Waals surface area contributed by atoms with Crippen LogP contribution < -0.4 is 5.32 Å². The smallest absolute Gasteiger partial charge is 0.257 e. The molecule has 1 aromatic heterocycles. The van der Waals surface area contributed by atoms with Crippen LogP contribution in [-0.2, 0) is 14.8 Å². The number of nitrogens with one attached hydrogen (secondary N) is 1. The first-order valence-electron chi connectivity index (χ1n) is 9.49. The van der Waals surface area contributed by atoms with Crippen molar-refractivity contribution in [1.82, 2.24) is 9.29 Å². The van der Waals surface area contributed by atoms with Crippen molar-refractivity contribution in [2.75, 3.05) is 25.5 Å². The Bertz CT molecular complexity index is 1220. The predicted molar refractivity (Wildman–Crippen MR) is 123 cm³/mol. The Hall–Kier alpha value is -1.75. The minimum absolute atomic E-state index is 0.0815. The maximum atomic E-state index is 12.8. The summed E-state index contributed by atoms with van der Waals surface area (Å²) in [5.41, 5.74) is 0.867. The van der Waals surface area contributed by atoms with Gasteiger partial charge in [-0.1, -0.05) is 34.5 Å². The summed E-state index contributed by atoms with van der Waals surface area (Å²) in [7, 11) is -2.14. The molecule has 3 aromatic rings. The average Bonchev–Trinajstić information content (AvgIpc) is 3.37. The Labute approximate surface area is 194 Å². The Kier molecular flexibility index (Phi) is 6.52. The molecule has 11 heteroatoms. The zero-order chi connectivity index (χ0) is 22.2. The van der Waals surface area contributed by atoms with Crippen molar-refractivity contribution in [3.63, 3.8) is 0 Å². The van der Waals surface area contributed by atoms with Crippen LogP contribution in [0.2, 0.25) is 10.0 Å². The molecule has 0 aliphatic carbocycles. The number of hydrogen-bond donors (Lipinski definition) is 1. The van der Waals surface area contributed by atoms with Gasteiger partial charge in [-0.15, -0.1) is 0 Å². The molecule has 1 saturated heterocycles. The first-order chi connectivity index (χ1) is 14.7. The van der Waals surface area contributed by atoms with Gasteiger partial charge in [0.2, 0.25) is 10.0 Å². The van der Waals surface area contributed by atoms with Gasteiger partial charge in [0.25, 0.3) is 5.91 Å². The summed E-state index contributed by atoms with van der Waals surface area (Å²) in [5.74, 6) is -0.405. The van der Waals surface area contributed by atoms with Gasteiger partial charge in [0.1, 0.15) is 5.52 Å². The lowest BCUT2D eigenvalue weighted by Gasteiger charge is -2.20. The maximum Gasteiger partial charge on any atom is 0.257 e. The zero-order valence-electron chi connectivity index (χ0n) is 16.5. The molecule has 1 N–H and O–H groups in total. The summed E-state index contributed by atoms with van der Waals surface area (Å²) < 4.78 is 33.1. The van der Waals surface area contributed by atoms with Crippen LogP contribution >= 0.6 is 34.5 Å². The Balaban J connectivity index is 1.47. The van der Waals surface area contributed by atoms with Crippen LogP contribution in [0.3, 0.4) is 0 Å². The van der Waals surface area contributed by atoms with Crippen LogP contribution in [0.25, 0.3) is 10.2 Å². The molecule has 0 spiro atoms. The molecule has 0 saturated carbocycles. The molecule has 2 aromatic carbocycles. The number of carbonyl (C=O) groups is 1. The Morgan fingerprint density at radius 2 is 2.03 bits per heavy atom. The number of thiazole rings is 1. The zero-order valence-corrected chi connectivity index (χ0v) is 19.6. The molecule has 1 aliphatic rings. The van der Waals surface area contributed by atoms with E-state index < -0.39 is 15.9 Å². The largest absolute Gasteiger partial charge is 0.377 e. The molecule has 1 fully saturated rings. The molecule has 0 bridgehead atoms. The van der Waals surface area contributed by atoms with E-state index in [2.05, 4.69) is 10.3 Å². The topological polar surface area (TPSA) is 88.6 Å². The lowest BCUT2D eigenvalue weighted by atomic mass is 10.2. The van der Waals surface area contributed by atoms with Gasteiger partial charge >= 0.3 is 0 Å². The highest BCUT2D eigenvalue weighted by atomic mass is 35.5. The van der Waals surface area contributed by atoms with Gasteiger partial charge in [0.05, 0.1) is 20.7 Å². The van der Waals surface area contributed by atoms with Crippen LogP contribution in [0.5, 0.6) is 0 Å². The summed E-state index contributed by atoms with van der Waals surface area (Å²) >= 11 is 13.4. The van der Waals surface area contributed by atoms with Crippen molar-refractivity contribution >= 4 is 65.8 Å². The second-order valence-electron chi connectivity index (χ2n) is 7.15. The number of halogens is 2. The minimum atomic E-state index is -3.67. The minimum Gasteiger partial charge on any atom is -0.377 e. The molecule has 31 heavy (non-hydrogen) atoms. The average molecular weight is 500 g/mol. The molecule has 164 valence electrons. The third-order valence-corrected chi connectivity index (χ3v) is 8.20. The van der Waals surface area contributed by atoms with E-state index in [0.29, 0.717) is 39.4 Å². The fraction of sp³-hybridized carbons (Fsp3) is 0.300. The standard InChI is InChI=1S/C20H19Cl2N3O4S2/c1-25(11-14-3-2-8-29-14)31(27,28)15-6-4-12(5-7-15)19(26)24-20-23-18-16(22)9-13(21)10-17(18)30-20/h4-7,9-10,14H,2-3,8,11H2,1H3,(H,23,24,26). The highest BCUT2D eigenvalue weighted by Crippen LogP contribution is 2.34. The number of nitrogens with zero attached hydrogens (tertiary/aromatic N) is 2. The van der Waals surface area contributed by atoms with Crippen molar-refractivity contribution in [3.8, 4) is 0 Å². The Morgan fingerprint density at radius 1 is 1.29 bits per heavy atom. The van der Waals surface area contributed by atoms with Crippen LogP contribution in [0.4, 0.5) is 5.13 Å². The molecule has 2 heterocycles. The van der Waals surface area contributed by atoms with Crippen LogP contribution in [0.15, 0.2) is 41.3 Å². The van der Waals surface area contributed by atoms with Crippen molar-refractivity contribution < 1.29 is 17.9 Å². The highest BCUT2D eigenvalue weighted by molar-refractivity contribution is 7.89. The van der Waals surface area contributed by atoms with Crippen molar-refractivity contribution in [2.24, 2.45) is 0 Å². The van der Waals surface area contributed by atoms with E-state index in [1.165, 1.54) is 47.0 Å². The lowest BCUT2D eigenvalue weighted by Crippen LogP contribution is -2.34. The number of amides is 1. The second-order valence-corrected chi connectivity index (χ2v) is 11.1. The molecule has 1 atom stereocenters. The number of fused-ring (bicyclic) bond motifs is 1. The first-order valence-corrected chi connectivity index (χ1v) is 12.5. The van der Waals surface area contributed by atoms with E-state index in [4.69, 9.17) is 27.9 Å². The maximum absolute atomic E-state index is 12.8. The normalized spacial score (nSPS) is 16.8. The van der Waals surface area contributed by atoms with Gasteiger partial charge in [-0.2, -0.15) is 4.31 Å². The van der Waals surface area contributed by atoms with Crippen LogP contribution in [-0.4, -0.2) is 49.9 Å². The summed E-state index contributed by atoms with van der Waals surface area (Å²) in [5, 5.41) is 3.98. The van der Waals surface area contributed by atoms with E-state index in [1.807, 2.05) is 0 Å². The summed E-state index contributed by atoms with van der Waals surface area (Å²) in [4.78, 5) is 17.0. The molecule has 4 rings (SSSR count). The number of hydrogen-bond acceptors (Lipinski definition) is 6. The number of likely N-dealkylation sites (N-methyl/N-ethyl adjacent to an activating group) is 1. The summed E-state index contributed by atoms with van der Waals surface area (Å²) in [6.07, 6.45) is 1.71. The molecular formula is C20H19Cl2N3O4S2. The number of aromatic nitrogens is 1.